The van der Waals surface area contributed by atoms with Crippen LogP contribution in [0.2, 0.25) is 0 Å². The average molecular weight is 327 g/mol. The maximum atomic E-state index is 12.4. The number of carbonyl (C=O) groups excluding carboxylic acids is 2. The number of aromatic nitrogens is 2. The summed E-state index contributed by atoms with van der Waals surface area (Å²) < 4.78 is 5.26. The minimum atomic E-state index is -0.327. The Labute approximate surface area is 138 Å². The van der Waals surface area contributed by atoms with Crippen molar-refractivity contribution >= 4 is 11.8 Å². The Morgan fingerprint density at radius 3 is 2.62 bits per heavy atom. The van der Waals surface area contributed by atoms with E-state index >= 15 is 0 Å². The molecule has 8 nitrogen and oxygen atoms in total. The van der Waals surface area contributed by atoms with Crippen LogP contribution in [0.25, 0.3) is 0 Å². The van der Waals surface area contributed by atoms with Crippen molar-refractivity contribution in [3.63, 3.8) is 0 Å². The van der Waals surface area contributed by atoms with Crippen LogP contribution in [0, 0.1) is 0 Å². The standard InChI is InChI=1S/C16H17N5O3/c1-20-7-6-17-8-12(20)14-18-13(24-19-14)9-21-15(22)10-4-2-3-5-11(10)16(21)23/h2-5,12,17H,6-9H2,1H3. The summed E-state index contributed by atoms with van der Waals surface area (Å²) in [6.07, 6.45) is 0. The van der Waals surface area contributed by atoms with Crippen LogP contribution in [-0.2, 0) is 6.54 Å². The molecule has 2 aliphatic rings. The number of hydrogen-bond acceptors (Lipinski definition) is 7. The van der Waals surface area contributed by atoms with E-state index in [1.54, 1.807) is 24.3 Å². The lowest BCUT2D eigenvalue weighted by Gasteiger charge is -2.30. The molecule has 2 aliphatic heterocycles. The molecule has 4 rings (SSSR count). The first-order valence-corrected chi connectivity index (χ1v) is 7.84. The fraction of sp³-hybridized carbons (Fsp3) is 0.375. The third-order valence-electron chi connectivity index (χ3n) is 4.46. The van der Waals surface area contributed by atoms with Gasteiger partial charge in [0.2, 0.25) is 5.89 Å². The molecule has 1 atom stereocenters. The van der Waals surface area contributed by atoms with Gasteiger partial charge in [0.05, 0.1) is 17.2 Å². The maximum Gasteiger partial charge on any atom is 0.262 e. The number of nitrogens with zero attached hydrogens (tertiary/aromatic N) is 4. The van der Waals surface area contributed by atoms with Gasteiger partial charge in [-0.05, 0) is 19.2 Å². The van der Waals surface area contributed by atoms with E-state index in [2.05, 4.69) is 20.4 Å². The van der Waals surface area contributed by atoms with Crippen molar-refractivity contribution in [2.75, 3.05) is 26.7 Å². The lowest BCUT2D eigenvalue weighted by atomic mass is 10.1. The number of rotatable bonds is 3. The molecule has 124 valence electrons. The predicted octanol–water partition coefficient (Wildman–Crippen LogP) is 0.442. The smallest absolute Gasteiger partial charge is 0.262 e. The van der Waals surface area contributed by atoms with Gasteiger partial charge < -0.3 is 9.84 Å². The molecule has 0 aliphatic carbocycles. The fourth-order valence-electron chi connectivity index (χ4n) is 3.08. The minimum absolute atomic E-state index is 0.0107. The summed E-state index contributed by atoms with van der Waals surface area (Å²) in [5.41, 5.74) is 0.830. The number of hydrogen-bond donors (Lipinski definition) is 1. The molecule has 1 aromatic carbocycles. The first-order chi connectivity index (χ1) is 11.6. The van der Waals surface area contributed by atoms with Crippen LogP contribution < -0.4 is 5.32 Å². The number of fused-ring (bicyclic) bond motifs is 1. The predicted molar refractivity (Wildman–Crippen MR) is 83.2 cm³/mol. The van der Waals surface area contributed by atoms with Gasteiger partial charge in [0, 0.05) is 19.6 Å². The Morgan fingerprint density at radius 2 is 1.96 bits per heavy atom. The lowest BCUT2D eigenvalue weighted by Crippen LogP contribution is -2.44. The van der Waals surface area contributed by atoms with Crippen molar-refractivity contribution < 1.29 is 14.1 Å². The number of piperazine rings is 1. The van der Waals surface area contributed by atoms with E-state index in [-0.39, 0.29) is 30.3 Å². The number of carbonyl (C=O) groups is 2. The van der Waals surface area contributed by atoms with Gasteiger partial charge in [0.25, 0.3) is 11.8 Å². The molecule has 24 heavy (non-hydrogen) atoms. The van der Waals surface area contributed by atoms with Crippen LogP contribution in [-0.4, -0.2) is 58.4 Å². The second-order valence-corrected chi connectivity index (χ2v) is 5.99. The highest BCUT2D eigenvalue weighted by Gasteiger charge is 2.36. The van der Waals surface area contributed by atoms with Gasteiger partial charge in [-0.3, -0.25) is 19.4 Å². The molecule has 1 saturated heterocycles. The Bertz CT molecular complexity index is 768. The molecular weight excluding hydrogens is 310 g/mol. The fourth-order valence-corrected chi connectivity index (χ4v) is 3.08. The molecule has 8 heteroatoms. The van der Waals surface area contributed by atoms with Crippen LogP contribution in [0.3, 0.4) is 0 Å². The molecule has 0 radical (unpaired) electrons. The van der Waals surface area contributed by atoms with E-state index < -0.39 is 0 Å². The average Bonchev–Trinajstić information content (AvgIpc) is 3.15. The topological polar surface area (TPSA) is 91.6 Å². The highest BCUT2D eigenvalue weighted by Crippen LogP contribution is 2.24. The number of imide groups is 1. The van der Waals surface area contributed by atoms with Crippen molar-refractivity contribution in [1.82, 2.24) is 25.3 Å². The zero-order valence-electron chi connectivity index (χ0n) is 13.2. The van der Waals surface area contributed by atoms with E-state index in [9.17, 15) is 9.59 Å². The molecule has 3 heterocycles. The van der Waals surface area contributed by atoms with E-state index in [0.29, 0.717) is 17.0 Å². The molecule has 1 aromatic heterocycles. The van der Waals surface area contributed by atoms with Crippen LogP contribution in [0.4, 0.5) is 0 Å². The van der Waals surface area contributed by atoms with Gasteiger partial charge in [0.15, 0.2) is 5.82 Å². The molecule has 1 unspecified atom stereocenters. The molecule has 2 amide bonds. The molecule has 1 N–H and O–H groups in total. The Morgan fingerprint density at radius 1 is 1.25 bits per heavy atom. The maximum absolute atomic E-state index is 12.4. The summed E-state index contributed by atoms with van der Waals surface area (Å²) in [4.78, 5) is 32.4. The van der Waals surface area contributed by atoms with Crippen molar-refractivity contribution in [3.8, 4) is 0 Å². The third-order valence-corrected chi connectivity index (χ3v) is 4.46. The first-order valence-electron chi connectivity index (χ1n) is 7.84. The van der Waals surface area contributed by atoms with Gasteiger partial charge in [0.1, 0.15) is 6.54 Å². The van der Waals surface area contributed by atoms with Crippen LogP contribution in [0.1, 0.15) is 38.5 Å². The van der Waals surface area contributed by atoms with Gasteiger partial charge in [-0.2, -0.15) is 4.98 Å². The van der Waals surface area contributed by atoms with Crippen molar-refractivity contribution in [1.29, 1.82) is 0 Å². The summed E-state index contributed by atoms with van der Waals surface area (Å²) in [6.45, 7) is 2.55. The Balaban J connectivity index is 1.53. The van der Waals surface area contributed by atoms with Gasteiger partial charge in [-0.1, -0.05) is 17.3 Å². The van der Waals surface area contributed by atoms with E-state index in [4.69, 9.17) is 4.52 Å². The summed E-state index contributed by atoms with van der Waals surface area (Å²) >= 11 is 0. The SMILES string of the molecule is CN1CCNCC1c1noc(CN2C(=O)c3ccccc3C2=O)n1. The number of nitrogens with one attached hydrogen (secondary N) is 1. The van der Waals surface area contributed by atoms with E-state index in [1.165, 1.54) is 0 Å². The molecular formula is C16H17N5O3. The van der Waals surface area contributed by atoms with Gasteiger partial charge >= 0.3 is 0 Å². The minimum Gasteiger partial charge on any atom is -0.337 e. The Hall–Kier alpha value is -2.58. The van der Waals surface area contributed by atoms with Crippen LogP contribution >= 0.6 is 0 Å². The number of amides is 2. The van der Waals surface area contributed by atoms with E-state index in [0.717, 1.165) is 24.5 Å². The molecule has 0 saturated carbocycles. The second kappa shape index (κ2) is 5.81. The summed E-state index contributed by atoms with van der Waals surface area (Å²) in [6, 6.07) is 6.81. The highest BCUT2D eigenvalue weighted by atomic mass is 16.5. The van der Waals surface area contributed by atoms with Gasteiger partial charge in [-0.25, -0.2) is 0 Å². The Kier molecular flexibility index (Phi) is 3.62. The van der Waals surface area contributed by atoms with Crippen molar-refractivity contribution in [3.05, 3.63) is 47.1 Å². The van der Waals surface area contributed by atoms with Crippen molar-refractivity contribution in [2.45, 2.75) is 12.6 Å². The van der Waals surface area contributed by atoms with Crippen LogP contribution in [0.5, 0.6) is 0 Å². The number of likely N-dealkylation sites (N-methyl/N-ethyl adjacent to an activating group) is 1. The summed E-state index contributed by atoms with van der Waals surface area (Å²) in [5.74, 6) is 0.174. The second-order valence-electron chi connectivity index (χ2n) is 5.99. The molecule has 1 fully saturated rings. The third kappa shape index (κ3) is 2.40. The summed E-state index contributed by atoms with van der Waals surface area (Å²) in [5, 5.41) is 7.30. The van der Waals surface area contributed by atoms with E-state index in [1.807, 2.05) is 7.05 Å². The lowest BCUT2D eigenvalue weighted by molar-refractivity contribution is 0.0625. The molecule has 0 bridgehead atoms. The molecule has 2 aromatic rings. The van der Waals surface area contributed by atoms with Crippen molar-refractivity contribution in [2.24, 2.45) is 0 Å². The molecule has 0 spiro atoms. The summed E-state index contributed by atoms with van der Waals surface area (Å²) in [7, 11) is 2.01. The quantitative estimate of drug-likeness (QED) is 0.818. The zero-order chi connectivity index (χ0) is 16.7. The normalized spacial score (nSPS) is 21.4. The monoisotopic (exact) mass is 327 g/mol. The largest absolute Gasteiger partial charge is 0.337 e. The number of benzene rings is 1. The zero-order valence-corrected chi connectivity index (χ0v) is 13.2. The highest BCUT2D eigenvalue weighted by molar-refractivity contribution is 6.21. The first kappa shape index (κ1) is 15.0. The van der Waals surface area contributed by atoms with Gasteiger partial charge in [-0.15, -0.1) is 0 Å². The van der Waals surface area contributed by atoms with Crippen LogP contribution in [0.15, 0.2) is 28.8 Å².